The maximum absolute atomic E-state index is 13.4. The molecule has 0 aromatic heterocycles. The van der Waals surface area contributed by atoms with Crippen LogP contribution in [0.1, 0.15) is 46.5 Å². The standard InChI is InChI=1S/C20H32BrN3O4S/c1-4-6-11(3)23-18(27)16-20-10-12(21)15(29-20)13(17(26)22-7-5-2)14(20)19(28)24(16)8-9-25/h11-16,25H,4-10H2,1-3H3,(H,22,26)(H,23,27)/t11?,12?,13-,14+,15-,16?,20?/m1/s1. The number of carbonyl (C=O) groups excluding carboxylic acids is 3. The monoisotopic (exact) mass is 489 g/mol. The van der Waals surface area contributed by atoms with Crippen LogP contribution >= 0.6 is 27.7 Å². The van der Waals surface area contributed by atoms with Gasteiger partial charge in [-0.3, -0.25) is 14.4 Å². The van der Waals surface area contributed by atoms with Crippen LogP contribution in [0, 0.1) is 11.8 Å². The van der Waals surface area contributed by atoms with Gasteiger partial charge in [-0.25, -0.2) is 0 Å². The highest BCUT2D eigenvalue weighted by Gasteiger charge is 2.75. The van der Waals surface area contributed by atoms with Crippen molar-refractivity contribution in [2.24, 2.45) is 11.8 Å². The number of nitrogens with zero attached hydrogens (tertiary/aromatic N) is 1. The van der Waals surface area contributed by atoms with Crippen molar-refractivity contribution in [1.82, 2.24) is 15.5 Å². The zero-order valence-corrected chi connectivity index (χ0v) is 19.7. The molecule has 9 heteroatoms. The number of aliphatic hydroxyl groups excluding tert-OH is 1. The summed E-state index contributed by atoms with van der Waals surface area (Å²) in [6.45, 7) is 6.51. The first-order valence-electron chi connectivity index (χ1n) is 10.6. The number of fused-ring (bicyclic) bond motifs is 1. The predicted octanol–water partition coefficient (Wildman–Crippen LogP) is 1.27. The van der Waals surface area contributed by atoms with Crippen molar-refractivity contribution in [3.05, 3.63) is 0 Å². The minimum absolute atomic E-state index is 0.0149. The summed E-state index contributed by atoms with van der Waals surface area (Å²) in [5.41, 5.74) is 0. The van der Waals surface area contributed by atoms with E-state index in [1.165, 1.54) is 4.90 Å². The molecule has 29 heavy (non-hydrogen) atoms. The van der Waals surface area contributed by atoms with Crippen LogP contribution in [0.4, 0.5) is 0 Å². The molecule has 3 fully saturated rings. The Morgan fingerprint density at radius 3 is 2.69 bits per heavy atom. The Morgan fingerprint density at radius 2 is 2.07 bits per heavy atom. The van der Waals surface area contributed by atoms with Crippen molar-refractivity contribution in [3.63, 3.8) is 0 Å². The predicted molar refractivity (Wildman–Crippen MR) is 117 cm³/mol. The molecule has 2 bridgehead atoms. The molecule has 3 aliphatic heterocycles. The average Bonchev–Trinajstić information content (AvgIpc) is 3.24. The van der Waals surface area contributed by atoms with E-state index in [1.807, 2.05) is 13.8 Å². The van der Waals surface area contributed by atoms with Gasteiger partial charge in [-0.2, -0.15) is 0 Å². The van der Waals surface area contributed by atoms with Gasteiger partial charge in [0.1, 0.15) is 6.04 Å². The summed E-state index contributed by atoms with van der Waals surface area (Å²) in [6.07, 6.45) is 3.31. The van der Waals surface area contributed by atoms with Crippen LogP contribution in [-0.2, 0) is 14.4 Å². The minimum atomic E-state index is -0.662. The van der Waals surface area contributed by atoms with Crippen molar-refractivity contribution >= 4 is 45.4 Å². The quantitative estimate of drug-likeness (QED) is 0.423. The summed E-state index contributed by atoms with van der Waals surface area (Å²) < 4.78 is -0.630. The van der Waals surface area contributed by atoms with Crippen LogP contribution in [0.15, 0.2) is 0 Å². The van der Waals surface area contributed by atoms with Gasteiger partial charge in [0.05, 0.1) is 23.2 Å². The summed E-state index contributed by atoms with van der Waals surface area (Å²) in [6, 6.07) is -0.647. The zero-order chi connectivity index (χ0) is 21.3. The highest BCUT2D eigenvalue weighted by molar-refractivity contribution is 9.09. The fourth-order valence-electron chi connectivity index (χ4n) is 5.27. The van der Waals surface area contributed by atoms with E-state index in [1.54, 1.807) is 11.8 Å². The van der Waals surface area contributed by atoms with Crippen molar-refractivity contribution in [1.29, 1.82) is 0 Å². The van der Waals surface area contributed by atoms with E-state index in [4.69, 9.17) is 0 Å². The van der Waals surface area contributed by atoms with Crippen molar-refractivity contribution in [3.8, 4) is 0 Å². The summed E-state index contributed by atoms with van der Waals surface area (Å²) in [5.74, 6) is -1.42. The van der Waals surface area contributed by atoms with Gasteiger partial charge in [0.2, 0.25) is 17.7 Å². The lowest BCUT2D eigenvalue weighted by Gasteiger charge is -2.35. The molecule has 3 amide bonds. The Balaban J connectivity index is 1.94. The lowest BCUT2D eigenvalue weighted by molar-refractivity contribution is -0.140. The molecular weight excluding hydrogens is 458 g/mol. The number of hydrogen-bond donors (Lipinski definition) is 3. The van der Waals surface area contributed by atoms with Gasteiger partial charge in [-0.1, -0.05) is 36.2 Å². The van der Waals surface area contributed by atoms with Gasteiger partial charge < -0.3 is 20.6 Å². The second kappa shape index (κ2) is 9.14. The second-order valence-corrected chi connectivity index (χ2v) is 11.1. The third-order valence-electron chi connectivity index (χ3n) is 6.34. The molecule has 3 N–H and O–H groups in total. The van der Waals surface area contributed by atoms with E-state index in [0.29, 0.717) is 13.0 Å². The molecule has 0 radical (unpaired) electrons. The molecule has 0 aromatic carbocycles. The summed E-state index contributed by atoms with van der Waals surface area (Å²) in [4.78, 5) is 41.3. The smallest absolute Gasteiger partial charge is 0.244 e. The Kier molecular flexibility index (Phi) is 7.21. The van der Waals surface area contributed by atoms with Crippen LogP contribution in [0.2, 0.25) is 0 Å². The van der Waals surface area contributed by atoms with E-state index < -0.39 is 22.6 Å². The largest absolute Gasteiger partial charge is 0.395 e. The average molecular weight is 490 g/mol. The number of aliphatic hydroxyl groups is 1. The van der Waals surface area contributed by atoms with Gasteiger partial charge in [-0.15, -0.1) is 11.8 Å². The first-order valence-corrected chi connectivity index (χ1v) is 12.4. The summed E-state index contributed by atoms with van der Waals surface area (Å²) in [5, 5.41) is 15.6. The van der Waals surface area contributed by atoms with Gasteiger partial charge in [0, 0.05) is 29.2 Å². The number of carbonyl (C=O) groups is 3. The number of rotatable bonds is 9. The lowest BCUT2D eigenvalue weighted by atomic mass is 9.70. The van der Waals surface area contributed by atoms with Crippen LogP contribution in [0.5, 0.6) is 0 Å². The zero-order valence-electron chi connectivity index (χ0n) is 17.3. The van der Waals surface area contributed by atoms with Crippen LogP contribution in [-0.4, -0.2) is 74.3 Å². The van der Waals surface area contributed by atoms with Crippen molar-refractivity contribution < 1.29 is 19.5 Å². The molecule has 0 saturated carbocycles. The number of β-amino-alcohol motifs (C(OH)–C–C–N with tert-alkyl or cyclic N) is 1. The van der Waals surface area contributed by atoms with Crippen molar-refractivity contribution in [2.75, 3.05) is 19.7 Å². The normalized spacial score (nSPS) is 36.2. The Bertz CT molecular complexity index is 666. The molecule has 3 aliphatic rings. The van der Waals surface area contributed by atoms with Crippen molar-refractivity contribution in [2.45, 2.75) is 73.4 Å². The molecular formula is C20H32BrN3O4S. The van der Waals surface area contributed by atoms with Gasteiger partial charge >= 0.3 is 0 Å². The highest BCUT2D eigenvalue weighted by Crippen LogP contribution is 2.67. The maximum Gasteiger partial charge on any atom is 0.244 e. The molecule has 4 unspecified atom stereocenters. The number of amides is 3. The SMILES string of the molecule is CCCNC(=O)[C@H]1[C@@H]2SC3(CC2Br)C(C(=O)NC(C)CCC)N(CCO)C(=O)[C@H]13. The highest BCUT2D eigenvalue weighted by atomic mass is 79.9. The lowest BCUT2D eigenvalue weighted by Crippen LogP contribution is -2.56. The topological polar surface area (TPSA) is 98.7 Å². The number of nitrogens with one attached hydrogen (secondary N) is 2. The Labute approximate surface area is 185 Å². The van der Waals surface area contributed by atoms with Crippen LogP contribution < -0.4 is 10.6 Å². The Hall–Kier alpha value is -0.800. The van der Waals surface area contributed by atoms with E-state index in [-0.39, 0.29) is 47.0 Å². The first-order chi connectivity index (χ1) is 13.8. The van der Waals surface area contributed by atoms with E-state index >= 15 is 0 Å². The second-order valence-electron chi connectivity index (χ2n) is 8.41. The van der Waals surface area contributed by atoms with Crippen LogP contribution in [0.25, 0.3) is 0 Å². The first kappa shape index (κ1) is 22.9. The number of halogens is 1. The number of likely N-dealkylation sites (tertiary alicyclic amines) is 1. The molecule has 3 rings (SSSR count). The molecule has 0 aliphatic carbocycles. The fraction of sp³-hybridized carbons (Fsp3) is 0.850. The molecule has 7 atom stereocenters. The molecule has 3 heterocycles. The summed E-state index contributed by atoms with van der Waals surface area (Å²) >= 11 is 5.35. The molecule has 1 spiro atoms. The number of alkyl halides is 1. The molecule has 0 aromatic rings. The maximum atomic E-state index is 13.4. The van der Waals surface area contributed by atoms with E-state index in [9.17, 15) is 19.5 Å². The van der Waals surface area contributed by atoms with E-state index in [2.05, 4.69) is 33.5 Å². The number of thioether (sulfide) groups is 1. The van der Waals surface area contributed by atoms with E-state index in [0.717, 1.165) is 19.3 Å². The summed E-state index contributed by atoms with van der Waals surface area (Å²) in [7, 11) is 0. The van der Waals surface area contributed by atoms with Gasteiger partial charge in [0.15, 0.2) is 0 Å². The van der Waals surface area contributed by atoms with Crippen LogP contribution in [0.3, 0.4) is 0 Å². The Morgan fingerprint density at radius 1 is 1.34 bits per heavy atom. The molecule has 3 saturated heterocycles. The van der Waals surface area contributed by atoms with Gasteiger partial charge in [0.25, 0.3) is 0 Å². The molecule has 164 valence electrons. The van der Waals surface area contributed by atoms with Gasteiger partial charge in [-0.05, 0) is 26.2 Å². The third kappa shape index (κ3) is 3.82. The fourth-order valence-corrected chi connectivity index (χ4v) is 8.88. The third-order valence-corrected chi connectivity index (χ3v) is 9.56. The molecule has 7 nitrogen and oxygen atoms in total. The number of hydrogen-bond acceptors (Lipinski definition) is 5. The minimum Gasteiger partial charge on any atom is -0.395 e.